The molecule has 2 saturated heterocycles. The summed E-state index contributed by atoms with van der Waals surface area (Å²) >= 11 is 0. The summed E-state index contributed by atoms with van der Waals surface area (Å²) < 4.78 is 0. The van der Waals surface area contributed by atoms with Gasteiger partial charge in [-0.05, 0) is 49.7 Å². The zero-order valence-corrected chi connectivity index (χ0v) is 10.6. The normalized spacial score (nSPS) is 29.4. The summed E-state index contributed by atoms with van der Waals surface area (Å²) in [4.78, 5) is 2.63. The van der Waals surface area contributed by atoms with E-state index in [4.69, 9.17) is 0 Å². The maximum absolute atomic E-state index is 3.45. The quantitative estimate of drug-likeness (QED) is 0.766. The molecule has 0 amide bonds. The monoisotopic (exact) mass is 210 g/mol. The fourth-order valence-electron chi connectivity index (χ4n) is 2.63. The highest BCUT2D eigenvalue weighted by atomic mass is 15.2. The van der Waals surface area contributed by atoms with Crippen LogP contribution in [0.5, 0.6) is 0 Å². The number of likely N-dealkylation sites (tertiary alicyclic amines) is 1. The van der Waals surface area contributed by atoms with E-state index in [1.54, 1.807) is 0 Å². The molecule has 88 valence electrons. The fourth-order valence-corrected chi connectivity index (χ4v) is 2.63. The first-order chi connectivity index (χ1) is 7.05. The molecule has 15 heavy (non-hydrogen) atoms. The second-order valence-corrected chi connectivity index (χ2v) is 6.47. The molecule has 0 aromatic heterocycles. The topological polar surface area (TPSA) is 15.3 Å². The molecule has 2 heteroatoms. The Bertz CT molecular complexity index is 195. The molecule has 2 aliphatic heterocycles. The maximum atomic E-state index is 3.45. The Balaban J connectivity index is 1.59. The van der Waals surface area contributed by atoms with Gasteiger partial charge in [-0.25, -0.2) is 0 Å². The molecule has 2 fully saturated rings. The number of hydrogen-bond acceptors (Lipinski definition) is 2. The van der Waals surface area contributed by atoms with Crippen molar-refractivity contribution in [2.24, 2.45) is 17.3 Å². The minimum Gasteiger partial charge on any atom is -0.316 e. The minimum atomic E-state index is 0.519. The predicted molar refractivity (Wildman–Crippen MR) is 65.0 cm³/mol. The van der Waals surface area contributed by atoms with Crippen LogP contribution in [-0.4, -0.2) is 37.6 Å². The molecule has 0 aromatic rings. The van der Waals surface area contributed by atoms with E-state index in [0.29, 0.717) is 5.41 Å². The highest BCUT2D eigenvalue weighted by Gasteiger charge is 2.35. The third kappa shape index (κ3) is 2.94. The molecule has 1 N–H and O–H groups in total. The summed E-state index contributed by atoms with van der Waals surface area (Å²) in [6.45, 7) is 13.6. The molecule has 2 aliphatic rings. The summed E-state index contributed by atoms with van der Waals surface area (Å²) in [6, 6.07) is 0. The van der Waals surface area contributed by atoms with Crippen molar-refractivity contribution in [3.05, 3.63) is 0 Å². The summed E-state index contributed by atoms with van der Waals surface area (Å²) in [7, 11) is 0. The van der Waals surface area contributed by atoms with Gasteiger partial charge in [0.05, 0.1) is 0 Å². The van der Waals surface area contributed by atoms with E-state index in [9.17, 15) is 0 Å². The highest BCUT2D eigenvalue weighted by Crippen LogP contribution is 2.33. The molecule has 0 radical (unpaired) electrons. The molecular weight excluding hydrogens is 184 g/mol. The van der Waals surface area contributed by atoms with Crippen LogP contribution in [0.1, 0.15) is 33.6 Å². The molecule has 1 unspecified atom stereocenters. The van der Waals surface area contributed by atoms with Crippen molar-refractivity contribution in [3.8, 4) is 0 Å². The average Bonchev–Trinajstić information content (AvgIpc) is 2.50. The van der Waals surface area contributed by atoms with E-state index in [0.717, 1.165) is 11.8 Å². The van der Waals surface area contributed by atoms with Crippen molar-refractivity contribution in [3.63, 3.8) is 0 Å². The van der Waals surface area contributed by atoms with Gasteiger partial charge in [-0.2, -0.15) is 0 Å². The number of nitrogens with one attached hydrogen (secondary N) is 1. The summed E-state index contributed by atoms with van der Waals surface area (Å²) in [6.07, 6.45) is 2.81. The lowest BCUT2D eigenvalue weighted by atomic mass is 9.76. The van der Waals surface area contributed by atoms with Crippen LogP contribution < -0.4 is 5.32 Å². The van der Waals surface area contributed by atoms with Crippen molar-refractivity contribution in [2.45, 2.75) is 33.6 Å². The van der Waals surface area contributed by atoms with Gasteiger partial charge in [0.1, 0.15) is 0 Å². The van der Waals surface area contributed by atoms with E-state index in [2.05, 4.69) is 31.0 Å². The third-order valence-corrected chi connectivity index (χ3v) is 4.20. The Morgan fingerprint density at radius 2 is 2.00 bits per heavy atom. The fraction of sp³-hybridized carbons (Fsp3) is 1.00. The molecule has 0 saturated carbocycles. The van der Waals surface area contributed by atoms with Crippen molar-refractivity contribution in [2.75, 3.05) is 32.7 Å². The van der Waals surface area contributed by atoms with Gasteiger partial charge in [0.25, 0.3) is 0 Å². The second kappa shape index (κ2) is 4.42. The largest absolute Gasteiger partial charge is 0.316 e. The first-order valence-corrected chi connectivity index (χ1v) is 6.49. The van der Waals surface area contributed by atoms with Crippen LogP contribution in [-0.2, 0) is 0 Å². The van der Waals surface area contributed by atoms with Gasteiger partial charge in [0.15, 0.2) is 0 Å². The van der Waals surface area contributed by atoms with Gasteiger partial charge in [0, 0.05) is 13.1 Å². The van der Waals surface area contributed by atoms with Crippen molar-refractivity contribution in [1.29, 1.82) is 0 Å². The molecular formula is C13H26N2. The van der Waals surface area contributed by atoms with Gasteiger partial charge in [0.2, 0.25) is 0 Å². The standard InChI is InChI=1S/C13H26N2/c1-13(2,3)12-9-15(10-12)7-5-11-4-6-14-8-11/h11-12,14H,4-10H2,1-3H3. The highest BCUT2D eigenvalue weighted by molar-refractivity contribution is 4.88. The maximum Gasteiger partial charge on any atom is 0.00270 e. The van der Waals surface area contributed by atoms with E-state index in [-0.39, 0.29) is 0 Å². The van der Waals surface area contributed by atoms with Gasteiger partial charge in [-0.3, -0.25) is 0 Å². The molecule has 2 nitrogen and oxygen atoms in total. The smallest absolute Gasteiger partial charge is 0.00270 e. The van der Waals surface area contributed by atoms with Crippen LogP contribution in [0, 0.1) is 17.3 Å². The van der Waals surface area contributed by atoms with E-state index in [1.165, 1.54) is 45.6 Å². The average molecular weight is 210 g/mol. The second-order valence-electron chi connectivity index (χ2n) is 6.47. The van der Waals surface area contributed by atoms with Crippen LogP contribution in [0.25, 0.3) is 0 Å². The predicted octanol–water partition coefficient (Wildman–Crippen LogP) is 1.96. The van der Waals surface area contributed by atoms with Crippen molar-refractivity contribution >= 4 is 0 Å². The molecule has 2 rings (SSSR count). The van der Waals surface area contributed by atoms with Crippen LogP contribution in [0.3, 0.4) is 0 Å². The zero-order valence-electron chi connectivity index (χ0n) is 10.6. The Morgan fingerprint density at radius 1 is 1.27 bits per heavy atom. The van der Waals surface area contributed by atoms with Gasteiger partial charge in [-0.1, -0.05) is 20.8 Å². The molecule has 0 aromatic carbocycles. The van der Waals surface area contributed by atoms with E-state index >= 15 is 0 Å². The SMILES string of the molecule is CC(C)(C)C1CN(CCC2CCNC2)C1. The molecule has 2 heterocycles. The van der Waals surface area contributed by atoms with Crippen molar-refractivity contribution < 1.29 is 0 Å². The summed E-state index contributed by atoms with van der Waals surface area (Å²) in [5.41, 5.74) is 0.519. The molecule has 0 bridgehead atoms. The lowest BCUT2D eigenvalue weighted by Gasteiger charge is -2.46. The number of rotatable bonds is 3. The minimum absolute atomic E-state index is 0.519. The first-order valence-electron chi connectivity index (χ1n) is 6.49. The van der Waals surface area contributed by atoms with E-state index in [1.807, 2.05) is 0 Å². The zero-order chi connectivity index (χ0) is 10.9. The van der Waals surface area contributed by atoms with Crippen LogP contribution in [0.15, 0.2) is 0 Å². The molecule has 1 atom stereocenters. The molecule has 0 spiro atoms. The van der Waals surface area contributed by atoms with E-state index < -0.39 is 0 Å². The number of hydrogen-bond donors (Lipinski definition) is 1. The van der Waals surface area contributed by atoms with Gasteiger partial charge < -0.3 is 10.2 Å². The Morgan fingerprint density at radius 3 is 2.53 bits per heavy atom. The van der Waals surface area contributed by atoms with Crippen LogP contribution in [0.4, 0.5) is 0 Å². The lowest BCUT2D eigenvalue weighted by molar-refractivity contribution is 0.0217. The van der Waals surface area contributed by atoms with Crippen LogP contribution in [0.2, 0.25) is 0 Å². The Kier molecular flexibility index (Phi) is 3.36. The van der Waals surface area contributed by atoms with Crippen molar-refractivity contribution in [1.82, 2.24) is 10.2 Å². The summed E-state index contributed by atoms with van der Waals surface area (Å²) in [5.74, 6) is 1.89. The van der Waals surface area contributed by atoms with Gasteiger partial charge >= 0.3 is 0 Å². The Hall–Kier alpha value is -0.0800. The first kappa shape index (κ1) is 11.4. The summed E-state index contributed by atoms with van der Waals surface area (Å²) in [5, 5.41) is 3.45. The number of nitrogens with zero attached hydrogens (tertiary/aromatic N) is 1. The van der Waals surface area contributed by atoms with Gasteiger partial charge in [-0.15, -0.1) is 0 Å². The lowest BCUT2D eigenvalue weighted by Crippen LogP contribution is -2.52. The third-order valence-electron chi connectivity index (χ3n) is 4.20. The Labute approximate surface area is 94.4 Å². The molecule has 0 aliphatic carbocycles. The van der Waals surface area contributed by atoms with Crippen LogP contribution >= 0.6 is 0 Å².